The lowest BCUT2D eigenvalue weighted by molar-refractivity contribution is 0.450. The number of rotatable bonds is 2. The third-order valence-electron chi connectivity index (χ3n) is 7.07. The molecule has 40 heavy (non-hydrogen) atoms. The first-order chi connectivity index (χ1) is 19.4. The van der Waals surface area contributed by atoms with E-state index in [1.807, 2.05) is 48.6 Å². The van der Waals surface area contributed by atoms with Crippen molar-refractivity contribution in [3.05, 3.63) is 95.6 Å². The number of aryl methyl sites for hydroxylation is 2. The van der Waals surface area contributed by atoms with Crippen LogP contribution < -0.4 is 0 Å². The number of phenols is 4. The Morgan fingerprint density at radius 2 is 1.12 bits per heavy atom. The van der Waals surface area contributed by atoms with Crippen molar-refractivity contribution in [2.75, 3.05) is 0 Å². The Kier molecular flexibility index (Phi) is 5.35. The molecule has 0 saturated carbocycles. The van der Waals surface area contributed by atoms with Crippen LogP contribution in [0.15, 0.2) is 72.8 Å². The minimum Gasteiger partial charge on any atom is -0.508 e. The van der Waals surface area contributed by atoms with Crippen molar-refractivity contribution >= 4 is 34.2 Å². The van der Waals surface area contributed by atoms with E-state index in [9.17, 15) is 20.4 Å². The van der Waals surface area contributed by atoms with Crippen LogP contribution in [-0.2, 0) is 12.8 Å². The summed E-state index contributed by atoms with van der Waals surface area (Å²) in [6, 6.07) is 20.8. The van der Waals surface area contributed by atoms with Crippen molar-refractivity contribution in [3.8, 4) is 45.3 Å². The molecule has 5 aromatic rings. The van der Waals surface area contributed by atoms with Crippen LogP contribution in [0.1, 0.15) is 22.8 Å². The number of H-pyrrole nitrogens is 2. The first-order valence-electron chi connectivity index (χ1n) is 12.8. The monoisotopic (exact) mass is 528 g/mol. The standard InChI is InChI=1S/C32H24N4O4/c37-23-9-17(10-24(38)15-23)31-27-5-1-19(33-27)13-20-2-6-29(34-20)32(18-11-25(39)16-26(40)12-18)30-8-4-22(36-30)14-21-3-7-28(31)35-21/h1-3,5-7,9-16,34-35,37-40H,4,8H2. The average Bonchev–Trinajstić information content (AvgIpc) is 3.69. The fraction of sp³-hybridized carbons (Fsp3) is 0.0625. The molecule has 6 N–H and O–H groups in total. The van der Waals surface area contributed by atoms with E-state index >= 15 is 0 Å². The van der Waals surface area contributed by atoms with Crippen molar-refractivity contribution in [1.29, 1.82) is 0 Å². The van der Waals surface area contributed by atoms with Gasteiger partial charge in [-0.3, -0.25) is 4.98 Å². The number of phenolic OH excluding ortho intramolecular Hbond substituents is 4. The van der Waals surface area contributed by atoms with Gasteiger partial charge in [0, 0.05) is 51.0 Å². The Morgan fingerprint density at radius 3 is 1.77 bits per heavy atom. The smallest absolute Gasteiger partial charge is 0.119 e. The molecule has 0 aliphatic carbocycles. The van der Waals surface area contributed by atoms with Crippen molar-refractivity contribution in [3.63, 3.8) is 0 Å². The van der Waals surface area contributed by atoms with Crippen molar-refractivity contribution < 1.29 is 20.4 Å². The van der Waals surface area contributed by atoms with Gasteiger partial charge in [0.25, 0.3) is 0 Å². The fourth-order valence-electron chi connectivity index (χ4n) is 5.44. The average molecular weight is 529 g/mol. The highest BCUT2D eigenvalue weighted by atomic mass is 16.3. The summed E-state index contributed by atoms with van der Waals surface area (Å²) in [7, 11) is 0. The maximum Gasteiger partial charge on any atom is 0.119 e. The second-order valence-electron chi connectivity index (χ2n) is 9.97. The molecule has 7 rings (SSSR count). The Morgan fingerprint density at radius 1 is 0.550 bits per heavy atom. The highest BCUT2D eigenvalue weighted by Gasteiger charge is 2.17. The molecule has 2 aliphatic heterocycles. The van der Waals surface area contributed by atoms with Crippen LogP contribution in [-0.4, -0.2) is 40.4 Å². The van der Waals surface area contributed by atoms with Gasteiger partial charge < -0.3 is 30.4 Å². The summed E-state index contributed by atoms with van der Waals surface area (Å²) in [5.74, 6) is -0.134. The second kappa shape index (κ2) is 9.06. The van der Waals surface area contributed by atoms with Gasteiger partial charge in [0.1, 0.15) is 23.0 Å². The van der Waals surface area contributed by atoms with E-state index in [1.54, 1.807) is 24.3 Å². The lowest BCUT2D eigenvalue weighted by Gasteiger charge is -2.06. The summed E-state index contributed by atoms with van der Waals surface area (Å²) in [6.45, 7) is 0. The van der Waals surface area contributed by atoms with E-state index in [2.05, 4.69) is 9.97 Å². The molecule has 0 spiro atoms. The van der Waals surface area contributed by atoms with Gasteiger partial charge in [-0.2, -0.15) is 0 Å². The van der Waals surface area contributed by atoms with Crippen LogP contribution in [0, 0.1) is 0 Å². The molecule has 196 valence electrons. The summed E-state index contributed by atoms with van der Waals surface area (Å²) >= 11 is 0. The number of hydrogen-bond acceptors (Lipinski definition) is 6. The van der Waals surface area contributed by atoms with Crippen LogP contribution in [0.25, 0.3) is 56.5 Å². The Balaban J connectivity index is 1.56. The van der Waals surface area contributed by atoms with Gasteiger partial charge >= 0.3 is 0 Å². The summed E-state index contributed by atoms with van der Waals surface area (Å²) < 4.78 is 0. The number of benzene rings is 2. The zero-order valence-electron chi connectivity index (χ0n) is 21.2. The molecule has 0 fully saturated rings. The number of hydrogen-bond donors (Lipinski definition) is 6. The summed E-state index contributed by atoms with van der Waals surface area (Å²) in [4.78, 5) is 16.7. The lowest BCUT2D eigenvalue weighted by atomic mass is 10.0. The van der Waals surface area contributed by atoms with Crippen molar-refractivity contribution in [1.82, 2.24) is 19.9 Å². The maximum absolute atomic E-state index is 10.2. The highest BCUT2D eigenvalue weighted by Crippen LogP contribution is 2.36. The quantitative estimate of drug-likeness (QED) is 0.153. The van der Waals surface area contributed by atoms with Crippen LogP contribution in [0.3, 0.4) is 0 Å². The van der Waals surface area contributed by atoms with Crippen LogP contribution in [0.5, 0.6) is 23.0 Å². The number of aromatic hydroxyl groups is 4. The first kappa shape index (κ1) is 23.6. The molecule has 2 aliphatic rings. The number of aromatic nitrogens is 4. The number of aromatic amines is 2. The fourth-order valence-corrected chi connectivity index (χ4v) is 5.44. The largest absolute Gasteiger partial charge is 0.508 e. The third-order valence-corrected chi connectivity index (χ3v) is 7.07. The number of fused-ring (bicyclic) bond motifs is 8. The zero-order chi connectivity index (χ0) is 27.4. The molecular formula is C32H24N4O4. The van der Waals surface area contributed by atoms with Crippen LogP contribution >= 0.6 is 0 Å². The molecule has 3 aromatic heterocycles. The van der Waals surface area contributed by atoms with E-state index in [-0.39, 0.29) is 23.0 Å². The molecule has 0 atom stereocenters. The van der Waals surface area contributed by atoms with E-state index in [4.69, 9.17) is 9.97 Å². The molecule has 8 nitrogen and oxygen atoms in total. The normalized spacial score (nSPS) is 12.6. The number of nitrogens with one attached hydrogen (secondary N) is 2. The topological polar surface area (TPSA) is 138 Å². The SMILES string of the molecule is Oc1cc(O)cc(-c2c3nc(cc4ccc([nH]4)c(-c4cc(O)cc(O)c4)c4nc(cc5ccc2[nH]5)CC4)C=C3)c1. The van der Waals surface area contributed by atoms with E-state index in [1.165, 1.54) is 12.1 Å². The van der Waals surface area contributed by atoms with Crippen molar-refractivity contribution in [2.24, 2.45) is 0 Å². The molecule has 0 unspecified atom stereocenters. The predicted molar refractivity (Wildman–Crippen MR) is 155 cm³/mol. The van der Waals surface area contributed by atoms with Gasteiger partial charge in [-0.25, -0.2) is 4.98 Å². The highest BCUT2D eigenvalue weighted by molar-refractivity contribution is 5.92. The summed E-state index contributed by atoms with van der Waals surface area (Å²) in [5.41, 5.74) is 9.23. The molecule has 0 amide bonds. The number of nitrogens with zero attached hydrogens (tertiary/aromatic N) is 2. The van der Waals surface area contributed by atoms with Gasteiger partial charge in [-0.1, -0.05) is 0 Å². The molecular weight excluding hydrogens is 504 g/mol. The summed E-state index contributed by atoms with van der Waals surface area (Å²) in [5, 5.41) is 40.8. The molecule has 2 aromatic carbocycles. The van der Waals surface area contributed by atoms with E-state index in [0.717, 1.165) is 56.7 Å². The van der Waals surface area contributed by atoms with Gasteiger partial charge in [0.2, 0.25) is 0 Å². The molecule has 0 radical (unpaired) electrons. The van der Waals surface area contributed by atoms with Gasteiger partial charge in [-0.15, -0.1) is 0 Å². The molecule has 8 bridgehead atoms. The predicted octanol–water partition coefficient (Wildman–Crippen LogP) is 6.43. The molecule has 8 heteroatoms. The van der Waals surface area contributed by atoms with Crippen molar-refractivity contribution in [2.45, 2.75) is 12.8 Å². The zero-order valence-corrected chi connectivity index (χ0v) is 21.2. The van der Waals surface area contributed by atoms with Crippen LogP contribution in [0.2, 0.25) is 0 Å². The maximum atomic E-state index is 10.2. The van der Waals surface area contributed by atoms with Gasteiger partial charge in [0.05, 0.1) is 17.1 Å². The minimum absolute atomic E-state index is 0.0260. The minimum atomic E-state index is -0.0410. The first-order valence-corrected chi connectivity index (χ1v) is 12.8. The summed E-state index contributed by atoms with van der Waals surface area (Å²) in [6.07, 6.45) is 5.23. The Hall–Kier alpha value is -5.50. The second-order valence-corrected chi connectivity index (χ2v) is 9.97. The van der Waals surface area contributed by atoms with E-state index in [0.29, 0.717) is 23.2 Å². The van der Waals surface area contributed by atoms with Gasteiger partial charge in [0.15, 0.2) is 0 Å². The Bertz CT molecular complexity index is 1980. The third kappa shape index (κ3) is 4.31. The molecule has 5 heterocycles. The van der Waals surface area contributed by atoms with Gasteiger partial charge in [-0.05, 0) is 96.8 Å². The lowest BCUT2D eigenvalue weighted by Crippen LogP contribution is -1.88. The Labute approximate surface area is 228 Å². The molecule has 0 saturated heterocycles. The van der Waals surface area contributed by atoms with Crippen LogP contribution in [0.4, 0.5) is 0 Å². The van der Waals surface area contributed by atoms with E-state index < -0.39 is 0 Å².